The van der Waals surface area contributed by atoms with Crippen molar-refractivity contribution >= 4 is 18.3 Å². The molecule has 2 atom stereocenters. The zero-order valence-corrected chi connectivity index (χ0v) is 11.8. The molecular formula is C13H25ClN2O. The molecule has 2 heterocycles. The Morgan fingerprint density at radius 2 is 2.18 bits per heavy atom. The van der Waals surface area contributed by atoms with Crippen LogP contribution in [-0.2, 0) is 4.79 Å². The van der Waals surface area contributed by atoms with Crippen LogP contribution in [0.4, 0.5) is 0 Å². The van der Waals surface area contributed by atoms with Gasteiger partial charge in [0.1, 0.15) is 0 Å². The fourth-order valence-electron chi connectivity index (χ4n) is 3.02. The number of hydrogen-bond acceptors (Lipinski definition) is 2. The number of halogens is 1. The molecule has 4 heteroatoms. The molecule has 1 N–H and O–H groups in total. The number of carbonyl (C=O) groups excluding carboxylic acids is 1. The van der Waals surface area contributed by atoms with E-state index in [1.807, 2.05) is 0 Å². The monoisotopic (exact) mass is 260 g/mol. The minimum Gasteiger partial charge on any atom is -0.342 e. The van der Waals surface area contributed by atoms with Crippen molar-refractivity contribution < 1.29 is 4.79 Å². The Kier molecular flexibility index (Phi) is 5.74. The van der Waals surface area contributed by atoms with Gasteiger partial charge in [-0.1, -0.05) is 13.8 Å². The molecule has 0 aromatic carbocycles. The van der Waals surface area contributed by atoms with E-state index >= 15 is 0 Å². The molecule has 2 aliphatic heterocycles. The van der Waals surface area contributed by atoms with Gasteiger partial charge in [0.05, 0.1) is 5.92 Å². The Hall–Kier alpha value is -0.280. The average Bonchev–Trinajstić information content (AvgIpc) is 2.84. The van der Waals surface area contributed by atoms with Crippen LogP contribution < -0.4 is 5.32 Å². The first-order valence-electron chi connectivity index (χ1n) is 6.66. The summed E-state index contributed by atoms with van der Waals surface area (Å²) in [7, 11) is 0. The van der Waals surface area contributed by atoms with Crippen LogP contribution in [0.15, 0.2) is 0 Å². The predicted molar refractivity (Wildman–Crippen MR) is 72.4 cm³/mol. The molecule has 2 unspecified atom stereocenters. The van der Waals surface area contributed by atoms with Gasteiger partial charge >= 0.3 is 0 Å². The number of carbonyl (C=O) groups is 1. The molecule has 2 fully saturated rings. The number of nitrogens with one attached hydrogen (secondary N) is 1. The fourth-order valence-corrected chi connectivity index (χ4v) is 3.02. The van der Waals surface area contributed by atoms with Crippen molar-refractivity contribution in [1.82, 2.24) is 10.2 Å². The highest BCUT2D eigenvalue weighted by molar-refractivity contribution is 5.85. The summed E-state index contributed by atoms with van der Waals surface area (Å²) in [6.07, 6.45) is 3.51. The molecule has 0 radical (unpaired) electrons. The smallest absolute Gasteiger partial charge is 0.227 e. The van der Waals surface area contributed by atoms with E-state index in [2.05, 4.69) is 24.1 Å². The van der Waals surface area contributed by atoms with Crippen LogP contribution in [0, 0.1) is 17.8 Å². The SMILES string of the molecule is CC(C)CC1CCN(C(=O)C2CCNC2)C1.Cl. The van der Waals surface area contributed by atoms with Crippen molar-refractivity contribution in [3.05, 3.63) is 0 Å². The second-order valence-electron chi connectivity index (χ2n) is 5.76. The van der Waals surface area contributed by atoms with Gasteiger partial charge in [-0.05, 0) is 37.6 Å². The predicted octanol–water partition coefficient (Wildman–Crippen LogP) is 1.91. The minimum atomic E-state index is 0. The molecule has 1 amide bonds. The fraction of sp³-hybridized carbons (Fsp3) is 0.923. The zero-order chi connectivity index (χ0) is 11.5. The van der Waals surface area contributed by atoms with E-state index in [9.17, 15) is 4.79 Å². The van der Waals surface area contributed by atoms with E-state index in [1.54, 1.807) is 0 Å². The highest BCUT2D eigenvalue weighted by atomic mass is 35.5. The Morgan fingerprint density at radius 1 is 1.41 bits per heavy atom. The zero-order valence-electron chi connectivity index (χ0n) is 10.9. The summed E-state index contributed by atoms with van der Waals surface area (Å²) < 4.78 is 0. The molecular weight excluding hydrogens is 236 g/mol. The van der Waals surface area contributed by atoms with E-state index in [4.69, 9.17) is 0 Å². The molecule has 0 bridgehead atoms. The van der Waals surface area contributed by atoms with Crippen molar-refractivity contribution in [3.8, 4) is 0 Å². The van der Waals surface area contributed by atoms with Crippen molar-refractivity contribution in [2.45, 2.75) is 33.1 Å². The molecule has 17 heavy (non-hydrogen) atoms. The van der Waals surface area contributed by atoms with Crippen LogP contribution in [0.5, 0.6) is 0 Å². The van der Waals surface area contributed by atoms with Gasteiger partial charge in [0.15, 0.2) is 0 Å². The third kappa shape index (κ3) is 3.85. The standard InChI is InChI=1S/C13H24N2O.ClH/c1-10(2)7-11-4-6-15(9-11)13(16)12-3-5-14-8-12;/h10-12,14H,3-9H2,1-2H3;1H. The topological polar surface area (TPSA) is 32.3 Å². The lowest BCUT2D eigenvalue weighted by Gasteiger charge is -2.20. The minimum absolute atomic E-state index is 0. The summed E-state index contributed by atoms with van der Waals surface area (Å²) in [6, 6.07) is 0. The van der Waals surface area contributed by atoms with Crippen LogP contribution in [0.1, 0.15) is 33.1 Å². The average molecular weight is 261 g/mol. The first-order valence-corrected chi connectivity index (χ1v) is 6.66. The first kappa shape index (κ1) is 14.8. The van der Waals surface area contributed by atoms with Crippen LogP contribution >= 0.6 is 12.4 Å². The summed E-state index contributed by atoms with van der Waals surface area (Å²) in [6.45, 7) is 8.45. The van der Waals surface area contributed by atoms with E-state index < -0.39 is 0 Å². The number of amides is 1. The normalized spacial score (nSPS) is 28.5. The van der Waals surface area contributed by atoms with Gasteiger partial charge in [-0.3, -0.25) is 4.79 Å². The second kappa shape index (κ2) is 6.60. The molecule has 0 aromatic heterocycles. The number of likely N-dealkylation sites (tertiary alicyclic amines) is 1. The van der Waals surface area contributed by atoms with Gasteiger partial charge in [0, 0.05) is 19.6 Å². The third-order valence-electron chi connectivity index (χ3n) is 3.81. The third-order valence-corrected chi connectivity index (χ3v) is 3.81. The van der Waals surface area contributed by atoms with Crippen LogP contribution in [0.3, 0.4) is 0 Å². The number of nitrogens with zero attached hydrogens (tertiary/aromatic N) is 1. The van der Waals surface area contributed by atoms with Crippen LogP contribution in [-0.4, -0.2) is 37.0 Å². The van der Waals surface area contributed by atoms with E-state index in [-0.39, 0.29) is 18.3 Å². The highest BCUT2D eigenvalue weighted by Gasteiger charge is 2.32. The molecule has 0 aromatic rings. The second-order valence-corrected chi connectivity index (χ2v) is 5.76. The van der Waals surface area contributed by atoms with Gasteiger partial charge in [-0.2, -0.15) is 0 Å². The van der Waals surface area contributed by atoms with E-state index in [0.29, 0.717) is 5.91 Å². The van der Waals surface area contributed by atoms with Crippen molar-refractivity contribution in [1.29, 1.82) is 0 Å². The van der Waals surface area contributed by atoms with Crippen molar-refractivity contribution in [2.75, 3.05) is 26.2 Å². The lowest BCUT2D eigenvalue weighted by Crippen LogP contribution is -2.35. The number of hydrogen-bond donors (Lipinski definition) is 1. The maximum absolute atomic E-state index is 12.2. The Labute approximate surface area is 111 Å². The van der Waals surface area contributed by atoms with Crippen LogP contribution in [0.25, 0.3) is 0 Å². The maximum atomic E-state index is 12.2. The van der Waals surface area contributed by atoms with E-state index in [0.717, 1.165) is 44.4 Å². The quantitative estimate of drug-likeness (QED) is 0.841. The van der Waals surface area contributed by atoms with Crippen molar-refractivity contribution in [2.24, 2.45) is 17.8 Å². The number of rotatable bonds is 3. The first-order chi connectivity index (χ1) is 7.66. The molecule has 0 saturated carbocycles. The van der Waals surface area contributed by atoms with Crippen molar-refractivity contribution in [3.63, 3.8) is 0 Å². The molecule has 2 rings (SSSR count). The molecule has 2 saturated heterocycles. The lowest BCUT2D eigenvalue weighted by atomic mass is 9.97. The molecule has 100 valence electrons. The Morgan fingerprint density at radius 3 is 2.76 bits per heavy atom. The van der Waals surface area contributed by atoms with Gasteiger partial charge < -0.3 is 10.2 Å². The molecule has 0 aliphatic carbocycles. The lowest BCUT2D eigenvalue weighted by molar-refractivity contribution is -0.133. The van der Waals surface area contributed by atoms with Crippen LogP contribution in [0.2, 0.25) is 0 Å². The maximum Gasteiger partial charge on any atom is 0.227 e. The van der Waals surface area contributed by atoms with Gasteiger partial charge in [-0.25, -0.2) is 0 Å². The summed E-state index contributed by atoms with van der Waals surface area (Å²) in [5.41, 5.74) is 0. The van der Waals surface area contributed by atoms with Gasteiger partial charge in [0.25, 0.3) is 0 Å². The van der Waals surface area contributed by atoms with Gasteiger partial charge in [-0.15, -0.1) is 12.4 Å². The van der Waals surface area contributed by atoms with E-state index in [1.165, 1.54) is 12.8 Å². The molecule has 3 nitrogen and oxygen atoms in total. The molecule has 2 aliphatic rings. The highest BCUT2D eigenvalue weighted by Crippen LogP contribution is 2.25. The summed E-state index contributed by atoms with van der Waals surface area (Å²) in [5, 5.41) is 3.27. The summed E-state index contributed by atoms with van der Waals surface area (Å²) in [4.78, 5) is 14.3. The summed E-state index contributed by atoms with van der Waals surface area (Å²) >= 11 is 0. The summed E-state index contributed by atoms with van der Waals surface area (Å²) in [5.74, 6) is 2.17. The Bertz CT molecular complexity index is 252. The largest absolute Gasteiger partial charge is 0.342 e. The van der Waals surface area contributed by atoms with Gasteiger partial charge in [0.2, 0.25) is 5.91 Å². The Balaban J connectivity index is 0.00000144. The molecule has 0 spiro atoms.